The molecular weight excluding hydrogens is 438 g/mol. The van der Waals surface area contributed by atoms with Crippen LogP contribution in [0.15, 0.2) is 64.5 Å². The number of nitrogens with zero attached hydrogens (tertiary/aromatic N) is 2. The van der Waals surface area contributed by atoms with Crippen LogP contribution in [0.4, 0.5) is 14.5 Å². The second-order valence-electron chi connectivity index (χ2n) is 8.65. The van der Waals surface area contributed by atoms with Crippen LogP contribution < -0.4 is 10.3 Å². The average Bonchev–Trinajstić information content (AvgIpc) is 2.78. The van der Waals surface area contributed by atoms with Gasteiger partial charge in [0.25, 0.3) is 5.56 Å². The summed E-state index contributed by atoms with van der Waals surface area (Å²) in [7, 11) is 1.73. The Balaban J connectivity index is 1.78. The Labute approximate surface area is 198 Å². The van der Waals surface area contributed by atoms with Crippen molar-refractivity contribution < 1.29 is 18.6 Å². The number of para-hydroxylation sites is 1. The minimum absolute atomic E-state index is 0.0241. The Morgan fingerprint density at radius 1 is 1.09 bits per heavy atom. The number of aliphatic hydroxyl groups excluding tert-OH is 1. The van der Waals surface area contributed by atoms with Crippen LogP contribution in [0.5, 0.6) is 5.75 Å². The van der Waals surface area contributed by atoms with Gasteiger partial charge in [-0.05, 0) is 79.6 Å². The third-order valence-corrected chi connectivity index (χ3v) is 5.91. The summed E-state index contributed by atoms with van der Waals surface area (Å²) < 4.78 is 31.6. The summed E-state index contributed by atoms with van der Waals surface area (Å²) in [4.78, 5) is 16.6. The van der Waals surface area contributed by atoms with Gasteiger partial charge in [-0.3, -0.25) is 9.79 Å². The quantitative estimate of drug-likeness (QED) is 0.418. The lowest BCUT2D eigenvalue weighted by Crippen LogP contribution is -2.20. The van der Waals surface area contributed by atoms with Gasteiger partial charge in [-0.15, -0.1) is 0 Å². The zero-order valence-electron chi connectivity index (χ0n) is 20.0. The van der Waals surface area contributed by atoms with Crippen LogP contribution in [0.1, 0.15) is 42.9 Å². The number of ether oxygens (including phenoxy) is 1. The lowest BCUT2D eigenvalue weighted by Gasteiger charge is -2.20. The SMILES string of the molecule is CC(=Nc1ccc(-c2cc(C)c(=O)n(C)c2)cc1C)[C@H](O)C[C@@H](C)c1ccccc1OC(F)F. The summed E-state index contributed by atoms with van der Waals surface area (Å²) in [5, 5.41) is 10.7. The van der Waals surface area contributed by atoms with Crippen molar-refractivity contribution in [1.82, 2.24) is 4.57 Å². The largest absolute Gasteiger partial charge is 0.435 e. The molecule has 0 saturated heterocycles. The van der Waals surface area contributed by atoms with Crippen LogP contribution in [0, 0.1) is 13.8 Å². The van der Waals surface area contributed by atoms with Crippen LogP contribution in [-0.4, -0.2) is 28.1 Å². The van der Waals surface area contributed by atoms with E-state index < -0.39 is 12.7 Å². The van der Waals surface area contributed by atoms with Crippen LogP contribution in [-0.2, 0) is 7.05 Å². The number of halogens is 2. The minimum atomic E-state index is -2.91. The maximum absolute atomic E-state index is 12.7. The lowest BCUT2D eigenvalue weighted by molar-refractivity contribution is -0.0506. The van der Waals surface area contributed by atoms with Crippen LogP contribution in [0.2, 0.25) is 0 Å². The van der Waals surface area contributed by atoms with Gasteiger partial charge in [-0.1, -0.05) is 31.2 Å². The smallest absolute Gasteiger partial charge is 0.387 e. The predicted octanol–water partition coefficient (Wildman–Crippen LogP) is 5.92. The summed E-state index contributed by atoms with van der Waals surface area (Å²) in [6.45, 7) is 4.44. The molecule has 180 valence electrons. The Hall–Kier alpha value is -3.32. The second-order valence-corrected chi connectivity index (χ2v) is 8.65. The zero-order valence-corrected chi connectivity index (χ0v) is 20.0. The highest BCUT2D eigenvalue weighted by molar-refractivity contribution is 5.89. The molecule has 0 amide bonds. The molecule has 0 unspecified atom stereocenters. The maximum Gasteiger partial charge on any atom is 0.387 e. The Bertz CT molecular complexity index is 1220. The van der Waals surface area contributed by atoms with Gasteiger partial charge in [0, 0.05) is 24.5 Å². The number of hydrogen-bond acceptors (Lipinski definition) is 4. The highest BCUT2D eigenvalue weighted by Crippen LogP contribution is 2.32. The molecule has 34 heavy (non-hydrogen) atoms. The van der Waals surface area contributed by atoms with E-state index in [1.165, 1.54) is 6.07 Å². The van der Waals surface area contributed by atoms with Crippen molar-refractivity contribution in [3.8, 4) is 16.9 Å². The fourth-order valence-electron chi connectivity index (χ4n) is 3.98. The number of hydrogen-bond donors (Lipinski definition) is 1. The Kier molecular flexibility index (Phi) is 7.99. The Morgan fingerprint density at radius 2 is 1.76 bits per heavy atom. The van der Waals surface area contributed by atoms with E-state index in [1.54, 1.807) is 49.9 Å². The van der Waals surface area contributed by atoms with E-state index in [0.717, 1.165) is 22.4 Å². The molecule has 0 radical (unpaired) electrons. The molecule has 2 atom stereocenters. The molecule has 0 bridgehead atoms. The number of benzene rings is 2. The molecule has 2 aromatic carbocycles. The fourth-order valence-corrected chi connectivity index (χ4v) is 3.98. The molecule has 1 N–H and O–H groups in total. The molecule has 0 aliphatic heterocycles. The standard InChI is InChI=1S/C27H30F2N2O3/c1-16(22-8-6-7-9-25(22)34-27(28)29)14-24(32)19(4)30-23-11-10-20(12-17(23)2)21-13-18(3)26(33)31(5)15-21/h6-13,15-16,24,27,32H,14H2,1-5H3/t16-,24-/m1/s1. The van der Waals surface area contributed by atoms with Gasteiger partial charge < -0.3 is 14.4 Å². The van der Waals surface area contributed by atoms with Crippen molar-refractivity contribution in [3.05, 3.63) is 81.8 Å². The fraction of sp³-hybridized carbons (Fsp3) is 0.333. The molecule has 3 rings (SSSR count). The highest BCUT2D eigenvalue weighted by Gasteiger charge is 2.19. The number of aryl methyl sites for hydroxylation is 3. The molecule has 1 aromatic heterocycles. The average molecular weight is 469 g/mol. The van der Waals surface area contributed by atoms with Crippen LogP contribution >= 0.6 is 0 Å². The topological polar surface area (TPSA) is 63.8 Å². The van der Waals surface area contributed by atoms with Crippen molar-refractivity contribution in [2.24, 2.45) is 12.0 Å². The summed E-state index contributed by atoms with van der Waals surface area (Å²) in [6.07, 6.45) is 1.27. The van der Waals surface area contributed by atoms with Crippen LogP contribution in [0.25, 0.3) is 11.1 Å². The first kappa shape index (κ1) is 25.3. The van der Waals surface area contributed by atoms with E-state index in [1.807, 2.05) is 38.1 Å². The first-order valence-corrected chi connectivity index (χ1v) is 11.1. The maximum atomic E-state index is 12.7. The van der Waals surface area contributed by atoms with Gasteiger partial charge in [0.15, 0.2) is 0 Å². The van der Waals surface area contributed by atoms with E-state index in [2.05, 4.69) is 9.73 Å². The summed E-state index contributed by atoms with van der Waals surface area (Å²) in [6, 6.07) is 14.3. The van der Waals surface area contributed by atoms with Crippen molar-refractivity contribution in [1.29, 1.82) is 0 Å². The number of aliphatic imine (C=N–C) groups is 1. The number of aliphatic hydroxyl groups is 1. The highest BCUT2D eigenvalue weighted by atomic mass is 19.3. The third kappa shape index (κ3) is 5.97. The number of pyridine rings is 1. The van der Waals surface area contributed by atoms with E-state index in [4.69, 9.17) is 0 Å². The molecule has 3 aromatic rings. The van der Waals surface area contributed by atoms with Gasteiger partial charge in [0.2, 0.25) is 0 Å². The molecule has 5 nitrogen and oxygen atoms in total. The molecule has 0 aliphatic carbocycles. The van der Waals surface area contributed by atoms with E-state index in [9.17, 15) is 18.7 Å². The number of alkyl halides is 2. The van der Waals surface area contributed by atoms with E-state index in [-0.39, 0.29) is 17.2 Å². The van der Waals surface area contributed by atoms with Crippen LogP contribution in [0.3, 0.4) is 0 Å². The predicted molar refractivity (Wildman–Crippen MR) is 131 cm³/mol. The monoisotopic (exact) mass is 468 g/mol. The summed E-state index contributed by atoms with van der Waals surface area (Å²) in [5.74, 6) is -0.0987. The number of aromatic nitrogens is 1. The Morgan fingerprint density at radius 3 is 2.41 bits per heavy atom. The second kappa shape index (κ2) is 10.7. The van der Waals surface area contributed by atoms with Gasteiger partial charge >= 0.3 is 6.61 Å². The molecular formula is C27H30F2N2O3. The molecule has 0 aliphatic rings. The number of rotatable bonds is 8. The molecule has 1 heterocycles. The van der Waals surface area contributed by atoms with E-state index >= 15 is 0 Å². The van der Waals surface area contributed by atoms with Crippen molar-refractivity contribution in [3.63, 3.8) is 0 Å². The first-order valence-electron chi connectivity index (χ1n) is 11.1. The van der Waals surface area contributed by atoms with Crippen molar-refractivity contribution >= 4 is 11.4 Å². The van der Waals surface area contributed by atoms with Gasteiger partial charge in [0.05, 0.1) is 11.8 Å². The normalized spacial score (nSPS) is 13.7. The summed E-state index contributed by atoms with van der Waals surface area (Å²) in [5.41, 5.74) is 5.37. The van der Waals surface area contributed by atoms with E-state index in [0.29, 0.717) is 23.3 Å². The van der Waals surface area contributed by atoms with Gasteiger partial charge in [-0.2, -0.15) is 8.78 Å². The third-order valence-electron chi connectivity index (χ3n) is 5.91. The molecule has 0 saturated carbocycles. The molecule has 7 heteroatoms. The zero-order chi connectivity index (χ0) is 25.0. The van der Waals surface area contributed by atoms with Gasteiger partial charge in [0.1, 0.15) is 5.75 Å². The molecule has 0 fully saturated rings. The minimum Gasteiger partial charge on any atom is -0.435 e. The van der Waals surface area contributed by atoms with Crippen molar-refractivity contribution in [2.45, 2.75) is 52.7 Å². The van der Waals surface area contributed by atoms with Gasteiger partial charge in [-0.25, -0.2) is 0 Å². The molecule has 0 spiro atoms. The summed E-state index contributed by atoms with van der Waals surface area (Å²) >= 11 is 0. The lowest BCUT2D eigenvalue weighted by atomic mass is 9.93. The first-order chi connectivity index (χ1) is 16.1. The van der Waals surface area contributed by atoms with Crippen molar-refractivity contribution in [2.75, 3.05) is 0 Å².